The summed E-state index contributed by atoms with van der Waals surface area (Å²) in [6, 6.07) is 9.97. The minimum atomic E-state index is -3.84. The molecule has 0 bridgehead atoms. The molecule has 3 saturated heterocycles. The molecule has 0 aliphatic carbocycles. The van der Waals surface area contributed by atoms with Crippen LogP contribution in [0.2, 0.25) is 0 Å². The maximum atomic E-state index is 14.4. The maximum absolute atomic E-state index is 14.4. The molecule has 3 fully saturated rings. The van der Waals surface area contributed by atoms with E-state index >= 15 is 0 Å². The van der Waals surface area contributed by atoms with Crippen molar-refractivity contribution in [1.29, 1.82) is 5.41 Å². The number of oxazole rings is 1. The monoisotopic (exact) mass is 778 g/mol. The number of ether oxygens (including phenoxy) is 1. The molecule has 1 aromatic heterocycles. The number of fused-ring (bicyclic) bond motifs is 1. The lowest BCUT2D eigenvalue weighted by molar-refractivity contribution is -0.140. The van der Waals surface area contributed by atoms with Crippen molar-refractivity contribution in [3.05, 3.63) is 65.5 Å². The highest BCUT2D eigenvalue weighted by atomic mass is 32.2. The van der Waals surface area contributed by atoms with Crippen LogP contribution in [0.4, 0.5) is 4.79 Å². The number of ketones is 1. The van der Waals surface area contributed by atoms with Crippen molar-refractivity contribution in [1.82, 2.24) is 30.1 Å². The number of nitrogens with zero attached hydrogens (tertiary/aromatic N) is 3. The molecule has 0 spiro atoms. The molecule has 0 unspecified atom stereocenters. The summed E-state index contributed by atoms with van der Waals surface area (Å²) < 4.78 is 39.3. The predicted octanol–water partition coefficient (Wildman–Crippen LogP) is 2.31. The van der Waals surface area contributed by atoms with Gasteiger partial charge in [0.2, 0.25) is 27.6 Å². The van der Waals surface area contributed by atoms with Gasteiger partial charge in [0.25, 0.3) is 5.89 Å². The van der Waals surface area contributed by atoms with Crippen LogP contribution < -0.4 is 21.1 Å². The van der Waals surface area contributed by atoms with Gasteiger partial charge in [0.15, 0.2) is 5.58 Å². The van der Waals surface area contributed by atoms with E-state index in [1.807, 2.05) is 0 Å². The standard InChI is InChI=1S/C38H50N8O8S/c1-55(51,52)44-29(14-11-24-15-17-41-18-16-24)37(49)46-23-27(53-38(50)45-19-5-2-6-20-45)22-31(46)35(48)42-30(21-25-9-12-26(13-10-25)34(39)40)33(47)36-43-28-7-3-4-8-32(28)54-36/h3-4,7-10,12-13,24,27,29-31,41,44H,2,5-6,11,14-23H2,1H3,(H3,39,40)(H,42,48)/t27-,29-,30+,31+/m1/s1. The fraction of sp³-hybridized carbons (Fsp3) is 0.526. The van der Waals surface area contributed by atoms with Crippen LogP contribution in [0.15, 0.2) is 52.9 Å². The van der Waals surface area contributed by atoms with Gasteiger partial charge in [-0.1, -0.05) is 36.4 Å². The lowest BCUT2D eigenvalue weighted by Gasteiger charge is -2.30. The first kappa shape index (κ1) is 39.8. The molecule has 3 amide bonds. The molecule has 0 radical (unpaired) electrons. The van der Waals surface area contributed by atoms with Gasteiger partial charge in [-0.2, -0.15) is 0 Å². The number of benzene rings is 2. The number of rotatable bonds is 14. The minimum absolute atomic E-state index is 0.00400. The van der Waals surface area contributed by atoms with Gasteiger partial charge in [0.05, 0.1) is 12.8 Å². The second-order valence-electron chi connectivity index (χ2n) is 14.7. The first-order valence-electron chi connectivity index (χ1n) is 18.9. The van der Waals surface area contributed by atoms with Crippen LogP contribution in [0.5, 0.6) is 0 Å². The van der Waals surface area contributed by atoms with E-state index in [4.69, 9.17) is 20.3 Å². The number of nitrogen functional groups attached to an aromatic ring is 1. The van der Waals surface area contributed by atoms with E-state index in [-0.39, 0.29) is 37.5 Å². The van der Waals surface area contributed by atoms with Crippen molar-refractivity contribution in [3.63, 3.8) is 0 Å². The highest BCUT2D eigenvalue weighted by Gasteiger charge is 2.45. The Morgan fingerprint density at radius 2 is 1.75 bits per heavy atom. The van der Waals surface area contributed by atoms with Crippen molar-refractivity contribution >= 4 is 50.6 Å². The fourth-order valence-electron chi connectivity index (χ4n) is 7.59. The molecule has 2 aromatic carbocycles. The molecule has 17 heteroatoms. The summed E-state index contributed by atoms with van der Waals surface area (Å²) in [6.45, 7) is 2.63. The van der Waals surface area contributed by atoms with Gasteiger partial charge in [-0.15, -0.1) is 0 Å². The Labute approximate surface area is 320 Å². The van der Waals surface area contributed by atoms with E-state index in [9.17, 15) is 27.6 Å². The number of hydrogen-bond donors (Lipinski definition) is 5. The molecule has 6 N–H and O–H groups in total. The number of sulfonamides is 1. The first-order valence-corrected chi connectivity index (χ1v) is 20.8. The molecule has 3 aliphatic rings. The fourth-order valence-corrected chi connectivity index (χ4v) is 8.33. The number of hydrogen-bond acceptors (Lipinski definition) is 11. The van der Waals surface area contributed by atoms with Crippen LogP contribution in [0.25, 0.3) is 11.1 Å². The van der Waals surface area contributed by atoms with Gasteiger partial charge in [-0.3, -0.25) is 19.8 Å². The third-order valence-corrected chi connectivity index (χ3v) is 11.3. The molecular formula is C38H50N8O8S. The molecule has 55 heavy (non-hydrogen) atoms. The Morgan fingerprint density at radius 3 is 2.42 bits per heavy atom. The highest BCUT2D eigenvalue weighted by Crippen LogP contribution is 2.27. The van der Waals surface area contributed by atoms with Gasteiger partial charge >= 0.3 is 6.09 Å². The molecule has 4 atom stereocenters. The molecular weight excluding hydrogens is 729 g/mol. The minimum Gasteiger partial charge on any atom is -0.444 e. The zero-order valence-corrected chi connectivity index (χ0v) is 31.8. The number of Topliss-reactive ketones (excluding diaryl/α,β-unsaturated/α-hetero) is 1. The zero-order valence-electron chi connectivity index (χ0n) is 31.0. The van der Waals surface area contributed by atoms with Crippen molar-refractivity contribution < 1.29 is 36.7 Å². The van der Waals surface area contributed by atoms with Crippen LogP contribution in [0.3, 0.4) is 0 Å². The number of piperidine rings is 2. The molecule has 3 aliphatic heterocycles. The SMILES string of the molecule is CS(=O)(=O)N[C@H](CCC1CCNCC1)C(=O)N1C[C@H](OC(=O)N2CCCCC2)C[C@H]1C(=O)N[C@@H](Cc1ccc(C(=N)N)cc1)C(=O)c1nc2ccccc2o1. The summed E-state index contributed by atoms with van der Waals surface area (Å²) >= 11 is 0. The summed E-state index contributed by atoms with van der Waals surface area (Å²) in [5.74, 6) is -1.94. The maximum Gasteiger partial charge on any atom is 0.410 e. The number of likely N-dealkylation sites (tertiary alicyclic amines) is 2. The normalized spacial score (nSPS) is 20.5. The van der Waals surface area contributed by atoms with Crippen LogP contribution in [-0.2, 0) is 30.8 Å². The molecule has 16 nitrogen and oxygen atoms in total. The third-order valence-electron chi connectivity index (χ3n) is 10.5. The number of carbonyl (C=O) groups is 4. The van der Waals surface area contributed by atoms with Crippen LogP contribution in [-0.4, -0.2) is 116 Å². The van der Waals surface area contributed by atoms with Crippen LogP contribution >= 0.6 is 0 Å². The third kappa shape index (κ3) is 10.5. The van der Waals surface area contributed by atoms with Crippen LogP contribution in [0, 0.1) is 11.3 Å². The number of carbonyl (C=O) groups excluding carboxylic acids is 4. The quantitative estimate of drug-likeness (QED) is 0.0906. The van der Waals surface area contributed by atoms with E-state index in [0.29, 0.717) is 47.7 Å². The summed E-state index contributed by atoms with van der Waals surface area (Å²) in [7, 11) is -3.84. The number of para-hydroxylation sites is 2. The second-order valence-corrected chi connectivity index (χ2v) is 16.5. The van der Waals surface area contributed by atoms with Crippen molar-refractivity contribution in [3.8, 4) is 0 Å². The molecule has 6 rings (SSSR count). The number of nitrogens with one attached hydrogen (secondary N) is 4. The zero-order chi connectivity index (χ0) is 39.1. The topological polar surface area (TPSA) is 230 Å². The Hall–Kier alpha value is -4.87. The Bertz CT molecular complexity index is 1940. The van der Waals surface area contributed by atoms with Crippen LogP contribution in [0.1, 0.15) is 73.2 Å². The van der Waals surface area contributed by atoms with Crippen molar-refractivity contribution in [2.45, 2.75) is 82.0 Å². The second kappa shape index (κ2) is 17.7. The van der Waals surface area contributed by atoms with E-state index in [1.54, 1.807) is 53.4 Å². The van der Waals surface area contributed by atoms with E-state index in [2.05, 4.69) is 20.3 Å². The largest absolute Gasteiger partial charge is 0.444 e. The number of nitrogens with two attached hydrogens (primary N) is 1. The Kier molecular flexibility index (Phi) is 12.8. The summed E-state index contributed by atoms with van der Waals surface area (Å²) in [5, 5.41) is 13.9. The molecule has 3 aromatic rings. The lowest BCUT2D eigenvalue weighted by atomic mass is 9.91. The van der Waals surface area contributed by atoms with E-state index in [0.717, 1.165) is 51.4 Å². The average molecular weight is 779 g/mol. The number of amides is 3. The summed E-state index contributed by atoms with van der Waals surface area (Å²) in [4.78, 5) is 63.3. The van der Waals surface area contributed by atoms with Gasteiger partial charge in [0.1, 0.15) is 35.6 Å². The molecule has 4 heterocycles. The molecule has 0 saturated carbocycles. The van der Waals surface area contributed by atoms with Gasteiger partial charge in [0, 0.05) is 31.5 Å². The lowest BCUT2D eigenvalue weighted by Crippen LogP contribution is -2.55. The Balaban J connectivity index is 1.27. The summed E-state index contributed by atoms with van der Waals surface area (Å²) in [6.07, 6.45) is 4.85. The number of amidine groups is 1. The first-order chi connectivity index (χ1) is 26.3. The van der Waals surface area contributed by atoms with Crippen molar-refractivity contribution in [2.75, 3.05) is 39.0 Å². The highest BCUT2D eigenvalue weighted by molar-refractivity contribution is 7.88. The van der Waals surface area contributed by atoms with E-state index in [1.165, 1.54) is 4.90 Å². The van der Waals surface area contributed by atoms with Crippen molar-refractivity contribution in [2.24, 2.45) is 11.7 Å². The Morgan fingerprint density at radius 1 is 1.04 bits per heavy atom. The predicted molar refractivity (Wildman–Crippen MR) is 204 cm³/mol. The average Bonchev–Trinajstić information content (AvgIpc) is 3.81. The van der Waals surface area contributed by atoms with Gasteiger partial charge < -0.3 is 35.3 Å². The molecule has 296 valence electrons. The van der Waals surface area contributed by atoms with Gasteiger partial charge in [-0.25, -0.2) is 22.9 Å². The van der Waals surface area contributed by atoms with Gasteiger partial charge in [-0.05, 0) is 81.6 Å². The smallest absolute Gasteiger partial charge is 0.410 e. The summed E-state index contributed by atoms with van der Waals surface area (Å²) in [5.41, 5.74) is 7.61. The van der Waals surface area contributed by atoms with E-state index < -0.39 is 57.9 Å². The number of aromatic nitrogens is 1.